The first-order chi connectivity index (χ1) is 13.1. The minimum Gasteiger partial charge on any atom is -0.423 e. The molecule has 0 unspecified atom stereocenters. The highest BCUT2D eigenvalue weighted by atomic mass is 16.5. The summed E-state index contributed by atoms with van der Waals surface area (Å²) < 4.78 is 6.14. The third-order valence-electron chi connectivity index (χ3n) is 6.66. The first kappa shape index (κ1) is 17.1. The molecular weight excluding hydrogens is 343 g/mol. The number of hydrogen-bond donors (Lipinski definition) is 3. The number of aromatic amines is 1. The number of H-pyrrole nitrogens is 1. The largest absolute Gasteiger partial charge is 0.493 e. The minimum absolute atomic E-state index is 0.0563. The summed E-state index contributed by atoms with van der Waals surface area (Å²) in [4.78, 5) is 21.6. The van der Waals surface area contributed by atoms with Crippen LogP contribution in [0.2, 0.25) is 0 Å². The molecular formula is C19H25BN4O3. The fourth-order valence-electron chi connectivity index (χ4n) is 5.17. The van der Waals surface area contributed by atoms with E-state index in [0.29, 0.717) is 0 Å². The number of likely N-dealkylation sites (tertiary alicyclic amines) is 1. The van der Waals surface area contributed by atoms with Crippen molar-refractivity contribution in [1.82, 2.24) is 20.2 Å². The number of amides is 2. The average molecular weight is 368 g/mol. The Labute approximate surface area is 158 Å². The number of urea groups is 1. The van der Waals surface area contributed by atoms with Crippen LogP contribution in [0.1, 0.15) is 44.6 Å². The lowest BCUT2D eigenvalue weighted by Gasteiger charge is -2.55. The lowest BCUT2D eigenvalue weighted by molar-refractivity contribution is -0.0700. The van der Waals surface area contributed by atoms with E-state index in [2.05, 4.69) is 22.2 Å². The van der Waals surface area contributed by atoms with Crippen molar-refractivity contribution in [3.8, 4) is 0 Å². The molecule has 2 aromatic heterocycles. The van der Waals surface area contributed by atoms with E-state index >= 15 is 0 Å². The number of rotatable bonds is 2. The number of nitrogens with one attached hydrogen (secondary N) is 2. The standard InChI is InChI=1S/C19H25BN4O3/c1-2-8-22-17(25)24-11-18(12-24)4-6-19(7-5-18)15-13-3-9-21-16(13)23-10-14(15)20(26)27-19/h3,9-10,26H,2,4-8,11-12H2,1H3,(H,21,23)(H,22,25). The maximum atomic E-state index is 12.1. The maximum absolute atomic E-state index is 12.1. The number of carbonyl (C=O) groups is 1. The van der Waals surface area contributed by atoms with Crippen molar-refractivity contribution >= 4 is 29.6 Å². The predicted octanol–water partition coefficient (Wildman–Crippen LogP) is 1.47. The van der Waals surface area contributed by atoms with Crippen molar-refractivity contribution in [2.45, 2.75) is 44.6 Å². The second-order valence-electron chi connectivity index (χ2n) is 8.38. The topological polar surface area (TPSA) is 90.5 Å². The zero-order valence-electron chi connectivity index (χ0n) is 15.6. The molecule has 0 bridgehead atoms. The van der Waals surface area contributed by atoms with Gasteiger partial charge >= 0.3 is 13.1 Å². The van der Waals surface area contributed by atoms with Crippen LogP contribution in [0, 0.1) is 5.41 Å². The van der Waals surface area contributed by atoms with Gasteiger partial charge in [0.1, 0.15) is 5.65 Å². The van der Waals surface area contributed by atoms with Crippen LogP contribution >= 0.6 is 0 Å². The number of carbonyl (C=O) groups excluding carboxylic acids is 1. The van der Waals surface area contributed by atoms with Gasteiger partial charge in [-0.3, -0.25) is 0 Å². The molecule has 8 heteroatoms. The molecule has 1 aliphatic carbocycles. The third-order valence-corrected chi connectivity index (χ3v) is 6.66. The van der Waals surface area contributed by atoms with Crippen LogP contribution in [-0.4, -0.2) is 52.7 Å². The van der Waals surface area contributed by atoms with Gasteiger partial charge in [0.15, 0.2) is 0 Å². The van der Waals surface area contributed by atoms with Gasteiger partial charge in [-0.05, 0) is 43.7 Å². The van der Waals surface area contributed by atoms with E-state index in [4.69, 9.17) is 4.65 Å². The zero-order valence-corrected chi connectivity index (χ0v) is 15.6. The van der Waals surface area contributed by atoms with Gasteiger partial charge in [0.25, 0.3) is 0 Å². The molecule has 0 atom stereocenters. The Kier molecular flexibility index (Phi) is 3.78. The molecule has 27 heavy (non-hydrogen) atoms. The van der Waals surface area contributed by atoms with E-state index in [9.17, 15) is 9.82 Å². The van der Waals surface area contributed by atoms with Crippen molar-refractivity contribution in [2.75, 3.05) is 19.6 Å². The third kappa shape index (κ3) is 2.50. The van der Waals surface area contributed by atoms with Crippen molar-refractivity contribution in [3.05, 3.63) is 24.0 Å². The molecule has 5 rings (SSSR count). The first-order valence-corrected chi connectivity index (χ1v) is 9.91. The molecule has 2 aromatic rings. The van der Waals surface area contributed by atoms with Gasteiger partial charge in [-0.15, -0.1) is 0 Å². The Bertz CT molecular complexity index is 882. The highest BCUT2D eigenvalue weighted by molar-refractivity contribution is 6.62. The summed E-state index contributed by atoms with van der Waals surface area (Å²) in [6.45, 7) is 4.44. The number of aromatic nitrogens is 2. The minimum atomic E-state index is -0.904. The van der Waals surface area contributed by atoms with E-state index in [1.165, 1.54) is 0 Å². The Hall–Kier alpha value is -2.06. The van der Waals surface area contributed by atoms with Crippen molar-refractivity contribution < 1.29 is 14.5 Å². The molecule has 3 N–H and O–H groups in total. The summed E-state index contributed by atoms with van der Waals surface area (Å²) in [6.07, 6.45) is 8.32. The van der Waals surface area contributed by atoms with Crippen LogP contribution in [0.5, 0.6) is 0 Å². The lowest BCUT2D eigenvalue weighted by atomic mass is 9.63. The smallest absolute Gasteiger partial charge is 0.423 e. The molecule has 3 aliphatic rings. The van der Waals surface area contributed by atoms with Gasteiger partial charge in [0.2, 0.25) is 0 Å². The molecule has 4 heterocycles. The van der Waals surface area contributed by atoms with Crippen LogP contribution in [0.3, 0.4) is 0 Å². The highest BCUT2D eigenvalue weighted by Gasteiger charge is 2.56. The zero-order chi connectivity index (χ0) is 18.6. The highest BCUT2D eigenvalue weighted by Crippen LogP contribution is 2.53. The number of pyridine rings is 1. The number of fused-ring (bicyclic) bond motifs is 4. The van der Waals surface area contributed by atoms with E-state index < -0.39 is 12.7 Å². The van der Waals surface area contributed by atoms with Crippen LogP contribution < -0.4 is 10.8 Å². The van der Waals surface area contributed by atoms with Crippen molar-refractivity contribution in [2.24, 2.45) is 5.41 Å². The maximum Gasteiger partial charge on any atom is 0.493 e. The summed E-state index contributed by atoms with van der Waals surface area (Å²) in [5.74, 6) is 0. The van der Waals surface area contributed by atoms with E-state index in [0.717, 1.165) is 73.8 Å². The molecule has 1 saturated heterocycles. The second kappa shape index (κ2) is 5.97. The lowest BCUT2D eigenvalue weighted by Crippen LogP contribution is -2.62. The first-order valence-electron chi connectivity index (χ1n) is 9.91. The Morgan fingerprint density at radius 1 is 1.41 bits per heavy atom. The fourth-order valence-corrected chi connectivity index (χ4v) is 5.17. The Morgan fingerprint density at radius 2 is 2.19 bits per heavy atom. The fraction of sp³-hybridized carbons (Fsp3) is 0.579. The van der Waals surface area contributed by atoms with Crippen LogP contribution in [0.15, 0.2) is 18.5 Å². The summed E-state index contributed by atoms with van der Waals surface area (Å²) in [5.41, 5.74) is 2.51. The number of hydrogen-bond acceptors (Lipinski definition) is 4. The summed E-state index contributed by atoms with van der Waals surface area (Å²) in [6, 6.07) is 2.08. The molecule has 2 amide bonds. The van der Waals surface area contributed by atoms with E-state index in [1.807, 2.05) is 17.2 Å². The molecule has 2 aliphatic heterocycles. The number of nitrogens with zero attached hydrogens (tertiary/aromatic N) is 2. The Morgan fingerprint density at radius 3 is 2.93 bits per heavy atom. The predicted molar refractivity (Wildman–Crippen MR) is 103 cm³/mol. The quantitative estimate of drug-likeness (QED) is 0.701. The SMILES string of the molecule is CCCNC(=O)N1CC2(CCC3(CC2)OB(O)c2cnc4[nH]ccc4c23)C1. The molecule has 2 fully saturated rings. The van der Waals surface area contributed by atoms with Crippen LogP contribution in [-0.2, 0) is 10.3 Å². The summed E-state index contributed by atoms with van der Waals surface area (Å²) in [7, 11) is -0.904. The van der Waals surface area contributed by atoms with Crippen LogP contribution in [0.25, 0.3) is 11.0 Å². The van der Waals surface area contributed by atoms with Crippen LogP contribution in [0.4, 0.5) is 4.79 Å². The molecule has 7 nitrogen and oxygen atoms in total. The Balaban J connectivity index is 1.34. The van der Waals surface area contributed by atoms with Crippen molar-refractivity contribution in [3.63, 3.8) is 0 Å². The van der Waals surface area contributed by atoms with Gasteiger partial charge in [-0.25, -0.2) is 9.78 Å². The molecule has 142 valence electrons. The van der Waals surface area contributed by atoms with Gasteiger partial charge in [0.05, 0.1) is 5.60 Å². The van der Waals surface area contributed by atoms with Gasteiger partial charge in [-0.2, -0.15) is 0 Å². The summed E-state index contributed by atoms with van der Waals surface area (Å²) in [5, 5.41) is 14.5. The van der Waals surface area contributed by atoms with Gasteiger partial charge in [0, 0.05) is 48.3 Å². The average Bonchev–Trinajstić information content (AvgIpc) is 3.22. The monoisotopic (exact) mass is 368 g/mol. The molecule has 0 radical (unpaired) electrons. The van der Waals surface area contributed by atoms with Gasteiger partial charge < -0.3 is 24.9 Å². The molecule has 0 aromatic carbocycles. The van der Waals surface area contributed by atoms with E-state index in [1.54, 1.807) is 6.20 Å². The van der Waals surface area contributed by atoms with E-state index in [-0.39, 0.29) is 11.4 Å². The van der Waals surface area contributed by atoms with Crippen molar-refractivity contribution in [1.29, 1.82) is 0 Å². The normalized spacial score (nSPS) is 22.3. The molecule has 2 spiro atoms. The molecule has 1 saturated carbocycles. The van der Waals surface area contributed by atoms with Gasteiger partial charge in [-0.1, -0.05) is 6.92 Å². The second-order valence-corrected chi connectivity index (χ2v) is 8.38. The summed E-state index contributed by atoms with van der Waals surface area (Å²) >= 11 is 0.